The van der Waals surface area contributed by atoms with Crippen molar-refractivity contribution in [2.75, 3.05) is 16.8 Å². The molecule has 6 heteroatoms. The minimum Gasteiger partial charge on any atom is -0.375 e. The molecule has 0 unspecified atom stereocenters. The van der Waals surface area contributed by atoms with Crippen LogP contribution in [0.4, 0.5) is 17.1 Å². The van der Waals surface area contributed by atoms with Crippen molar-refractivity contribution < 1.29 is 9.72 Å². The third kappa shape index (κ3) is 3.31. The summed E-state index contributed by atoms with van der Waals surface area (Å²) in [5.74, 6) is 0.163. The molecule has 1 saturated heterocycles. The second kappa shape index (κ2) is 6.48. The zero-order valence-corrected chi connectivity index (χ0v) is 12.6. The zero-order valence-electron chi connectivity index (χ0n) is 12.6. The summed E-state index contributed by atoms with van der Waals surface area (Å²) in [7, 11) is 0. The maximum absolute atomic E-state index is 11.7. The first-order valence-electron chi connectivity index (χ1n) is 7.52. The SMILES string of the molecule is O=C1CCCN1c1ccc(CNc2ccccc2[N+](=O)[O-])cc1. The highest BCUT2D eigenvalue weighted by Gasteiger charge is 2.21. The van der Waals surface area contributed by atoms with Crippen LogP contribution in [0, 0.1) is 10.1 Å². The van der Waals surface area contributed by atoms with Gasteiger partial charge in [0, 0.05) is 31.3 Å². The number of amides is 1. The molecule has 1 amide bonds. The molecule has 0 atom stereocenters. The number of rotatable bonds is 5. The number of nitro groups is 1. The number of para-hydroxylation sites is 2. The van der Waals surface area contributed by atoms with Gasteiger partial charge in [-0.05, 0) is 30.2 Å². The second-order valence-electron chi connectivity index (χ2n) is 5.44. The highest BCUT2D eigenvalue weighted by atomic mass is 16.6. The number of carbonyl (C=O) groups is 1. The summed E-state index contributed by atoms with van der Waals surface area (Å²) in [5, 5.41) is 14.1. The monoisotopic (exact) mass is 311 g/mol. The summed E-state index contributed by atoms with van der Waals surface area (Å²) in [6.45, 7) is 1.26. The number of carbonyl (C=O) groups excluding carboxylic acids is 1. The lowest BCUT2D eigenvalue weighted by Gasteiger charge is -2.16. The van der Waals surface area contributed by atoms with Crippen molar-refractivity contribution >= 4 is 23.0 Å². The van der Waals surface area contributed by atoms with E-state index in [1.54, 1.807) is 23.1 Å². The first-order valence-corrected chi connectivity index (χ1v) is 7.52. The molecule has 0 saturated carbocycles. The molecule has 0 aromatic heterocycles. The molecule has 1 fully saturated rings. The van der Waals surface area contributed by atoms with Crippen LogP contribution >= 0.6 is 0 Å². The number of nitro benzene ring substituents is 1. The predicted molar refractivity (Wildman–Crippen MR) is 88.5 cm³/mol. The van der Waals surface area contributed by atoms with E-state index in [9.17, 15) is 14.9 Å². The van der Waals surface area contributed by atoms with E-state index in [1.807, 2.05) is 24.3 Å². The Bertz CT molecular complexity index is 728. The third-order valence-electron chi connectivity index (χ3n) is 3.91. The van der Waals surface area contributed by atoms with Gasteiger partial charge in [-0.2, -0.15) is 0 Å². The highest BCUT2D eigenvalue weighted by molar-refractivity contribution is 5.95. The summed E-state index contributed by atoms with van der Waals surface area (Å²) in [6, 6.07) is 14.3. The van der Waals surface area contributed by atoms with E-state index >= 15 is 0 Å². The van der Waals surface area contributed by atoms with Gasteiger partial charge in [0.25, 0.3) is 5.69 Å². The van der Waals surface area contributed by atoms with Gasteiger partial charge in [-0.15, -0.1) is 0 Å². The van der Waals surface area contributed by atoms with Gasteiger partial charge in [0.1, 0.15) is 5.69 Å². The van der Waals surface area contributed by atoms with Crippen molar-refractivity contribution in [1.29, 1.82) is 0 Å². The molecule has 2 aromatic rings. The van der Waals surface area contributed by atoms with Gasteiger partial charge in [0.2, 0.25) is 5.91 Å². The van der Waals surface area contributed by atoms with E-state index in [0.717, 1.165) is 24.2 Å². The average Bonchev–Trinajstić information content (AvgIpc) is 2.99. The minimum absolute atomic E-state index is 0.0618. The van der Waals surface area contributed by atoms with Crippen molar-refractivity contribution in [2.24, 2.45) is 0 Å². The van der Waals surface area contributed by atoms with E-state index in [0.29, 0.717) is 18.7 Å². The molecular formula is C17H17N3O3. The molecule has 0 bridgehead atoms. The lowest BCUT2D eigenvalue weighted by molar-refractivity contribution is -0.384. The maximum atomic E-state index is 11.7. The second-order valence-corrected chi connectivity index (χ2v) is 5.44. The van der Waals surface area contributed by atoms with E-state index in [4.69, 9.17) is 0 Å². The smallest absolute Gasteiger partial charge is 0.292 e. The van der Waals surface area contributed by atoms with Crippen LogP contribution in [-0.2, 0) is 11.3 Å². The number of nitrogens with zero attached hydrogens (tertiary/aromatic N) is 2. The Hall–Kier alpha value is -2.89. The Morgan fingerprint density at radius 2 is 1.87 bits per heavy atom. The van der Waals surface area contributed by atoms with Gasteiger partial charge in [0.05, 0.1) is 4.92 Å². The number of hydrogen-bond donors (Lipinski definition) is 1. The third-order valence-corrected chi connectivity index (χ3v) is 3.91. The van der Waals surface area contributed by atoms with E-state index in [1.165, 1.54) is 6.07 Å². The van der Waals surface area contributed by atoms with Crippen LogP contribution in [0.2, 0.25) is 0 Å². The molecule has 0 radical (unpaired) electrons. The van der Waals surface area contributed by atoms with Crippen LogP contribution in [0.15, 0.2) is 48.5 Å². The van der Waals surface area contributed by atoms with Crippen LogP contribution < -0.4 is 10.2 Å². The van der Waals surface area contributed by atoms with Crippen molar-refractivity contribution in [1.82, 2.24) is 0 Å². The zero-order chi connectivity index (χ0) is 16.2. The van der Waals surface area contributed by atoms with Crippen LogP contribution in [0.3, 0.4) is 0 Å². The molecule has 1 aliphatic heterocycles. The normalized spacial score (nSPS) is 14.1. The maximum Gasteiger partial charge on any atom is 0.292 e. The van der Waals surface area contributed by atoms with E-state index in [2.05, 4.69) is 5.32 Å². The van der Waals surface area contributed by atoms with Crippen molar-refractivity contribution in [3.05, 3.63) is 64.2 Å². The minimum atomic E-state index is -0.398. The Morgan fingerprint density at radius 1 is 1.13 bits per heavy atom. The van der Waals surface area contributed by atoms with Crippen LogP contribution in [0.5, 0.6) is 0 Å². The van der Waals surface area contributed by atoms with Gasteiger partial charge in [0.15, 0.2) is 0 Å². The van der Waals surface area contributed by atoms with Gasteiger partial charge in [-0.3, -0.25) is 14.9 Å². The quantitative estimate of drug-likeness (QED) is 0.679. The molecule has 1 heterocycles. The fourth-order valence-corrected chi connectivity index (χ4v) is 2.69. The fraction of sp³-hybridized carbons (Fsp3) is 0.235. The molecule has 2 aromatic carbocycles. The molecule has 1 N–H and O–H groups in total. The van der Waals surface area contributed by atoms with E-state index < -0.39 is 4.92 Å². The van der Waals surface area contributed by atoms with Gasteiger partial charge in [-0.25, -0.2) is 0 Å². The first-order chi connectivity index (χ1) is 11.1. The summed E-state index contributed by atoms with van der Waals surface area (Å²) >= 11 is 0. The molecule has 6 nitrogen and oxygen atoms in total. The Labute approximate surface area is 133 Å². The van der Waals surface area contributed by atoms with Gasteiger partial charge < -0.3 is 10.2 Å². The summed E-state index contributed by atoms with van der Waals surface area (Å²) in [4.78, 5) is 24.1. The van der Waals surface area contributed by atoms with Crippen molar-refractivity contribution in [2.45, 2.75) is 19.4 Å². The van der Waals surface area contributed by atoms with Crippen LogP contribution in [0.1, 0.15) is 18.4 Å². The lowest BCUT2D eigenvalue weighted by atomic mass is 10.2. The first kappa shape index (κ1) is 15.0. The number of hydrogen-bond acceptors (Lipinski definition) is 4. The Morgan fingerprint density at radius 3 is 2.52 bits per heavy atom. The van der Waals surface area contributed by atoms with Crippen molar-refractivity contribution in [3.8, 4) is 0 Å². The average molecular weight is 311 g/mol. The Kier molecular flexibility index (Phi) is 4.23. The molecule has 0 spiro atoms. The molecule has 1 aliphatic rings. The summed E-state index contributed by atoms with van der Waals surface area (Å²) in [6.07, 6.45) is 1.51. The van der Waals surface area contributed by atoms with Gasteiger partial charge in [-0.1, -0.05) is 24.3 Å². The van der Waals surface area contributed by atoms with E-state index in [-0.39, 0.29) is 11.6 Å². The summed E-state index contributed by atoms with van der Waals surface area (Å²) in [5.41, 5.74) is 2.46. The number of anilines is 2. The van der Waals surface area contributed by atoms with Gasteiger partial charge >= 0.3 is 0 Å². The largest absolute Gasteiger partial charge is 0.375 e. The predicted octanol–water partition coefficient (Wildman–Crippen LogP) is 3.33. The number of nitrogens with one attached hydrogen (secondary N) is 1. The molecule has 23 heavy (non-hydrogen) atoms. The summed E-state index contributed by atoms with van der Waals surface area (Å²) < 4.78 is 0. The fourth-order valence-electron chi connectivity index (χ4n) is 2.69. The molecule has 118 valence electrons. The number of benzene rings is 2. The standard InChI is InChI=1S/C17H17N3O3/c21-17-6-3-11-19(17)14-9-7-13(8-10-14)12-18-15-4-1-2-5-16(15)20(22)23/h1-2,4-5,7-10,18H,3,6,11-12H2. The van der Waals surface area contributed by atoms with Crippen LogP contribution in [0.25, 0.3) is 0 Å². The topological polar surface area (TPSA) is 75.5 Å². The molecule has 3 rings (SSSR count). The highest BCUT2D eigenvalue weighted by Crippen LogP contribution is 2.25. The molecular weight excluding hydrogens is 294 g/mol. The van der Waals surface area contributed by atoms with Crippen molar-refractivity contribution in [3.63, 3.8) is 0 Å². The lowest BCUT2D eigenvalue weighted by Crippen LogP contribution is -2.23. The van der Waals surface area contributed by atoms with Crippen LogP contribution in [-0.4, -0.2) is 17.4 Å². The Balaban J connectivity index is 1.67. The molecule has 0 aliphatic carbocycles.